The summed E-state index contributed by atoms with van der Waals surface area (Å²) >= 11 is 0. The van der Waals surface area contributed by atoms with Gasteiger partial charge >= 0.3 is 19.9 Å². The number of ketones is 1. The fraction of sp³-hybridized carbons (Fsp3) is 0.812. The zero-order valence-electron chi connectivity index (χ0n) is 64.4. The Balaban J connectivity index is 2.76. The van der Waals surface area contributed by atoms with Crippen molar-refractivity contribution in [1.29, 1.82) is 0 Å². The van der Waals surface area contributed by atoms with E-state index in [9.17, 15) is 33.6 Å². The van der Waals surface area contributed by atoms with Crippen LogP contribution in [0.3, 0.4) is 0 Å². The van der Waals surface area contributed by atoms with Crippen LogP contribution in [0.2, 0.25) is 0 Å². The van der Waals surface area contributed by atoms with E-state index in [4.69, 9.17) is 60.9 Å². The number of phosphoric acid groups is 1. The van der Waals surface area contributed by atoms with E-state index in [2.05, 4.69) is 76.8 Å². The van der Waals surface area contributed by atoms with Crippen LogP contribution in [0, 0.1) is 0 Å². The molecule has 2 heterocycles. The Morgan fingerprint density at radius 1 is 0.476 bits per heavy atom. The van der Waals surface area contributed by atoms with E-state index in [0.29, 0.717) is 25.7 Å². The highest BCUT2D eigenvalue weighted by Crippen LogP contribution is 2.52. The van der Waals surface area contributed by atoms with Crippen LogP contribution in [0.1, 0.15) is 285 Å². The highest BCUT2D eigenvalue weighted by molar-refractivity contribution is 7.48. The molecule has 2 saturated heterocycles. The second-order valence-corrected chi connectivity index (χ2v) is 29.0. The largest absolute Gasteiger partial charge is 0.508 e. The average Bonchev–Trinajstić information content (AvgIpc) is 0.777. The number of methoxy groups -OCH3 is 1. The Bertz CT molecular complexity index is 2280. The summed E-state index contributed by atoms with van der Waals surface area (Å²) in [5.41, 5.74) is 0. The van der Waals surface area contributed by atoms with E-state index in [-0.39, 0.29) is 64.4 Å². The summed E-state index contributed by atoms with van der Waals surface area (Å²) in [7, 11) is -3.01. The van der Waals surface area contributed by atoms with E-state index in [1.165, 1.54) is 82.1 Å². The molecule has 2 rings (SSSR count). The number of allylic oxidation sites excluding steroid dienone is 2. The monoisotopic (exact) mass is 1480 g/mol. The predicted octanol–water partition coefficient (Wildman–Crippen LogP) is 17.4. The second kappa shape index (κ2) is 63.9. The third-order valence-electron chi connectivity index (χ3n) is 18.4. The molecule has 0 unspecified atom stereocenters. The normalized spacial score (nSPS) is 20.8. The maximum atomic E-state index is 14.9. The standard InChI is InChI=1S/C80H141N2O20P/c1-10-18-22-26-29-32-33-34-35-36-37-39-41-45-49-53-69(84)81-73-77(93-60-54-66(90-9)52-48-43-25-21-13-4)75(102-103(89,98-57-16-7)99-58-17-8)68(63-97-80(88)94-56-15-6)101-79(73)95-62-67-74(87)76(92-59-50-46-42-31-28-24-20-12-3)72(78(100-67)96-64-71(86)91-55-14-5)82-70(85)61-65(83)51-47-44-40-38-30-27-23-19-11-2/h14-17,32-33,66-68,72-79,87H,5-8,10-13,18-31,34-64H2,1-4,9H3,(H,81,84)(H,82,85)/b33-32-/t66-,67-,68-,72-,73-,74-,75-,76-,77-,78+,79-/m1/s1. The number of nitrogens with one attached hydrogen (secondary N) is 2. The molecule has 22 nitrogen and oxygen atoms in total. The summed E-state index contributed by atoms with van der Waals surface area (Å²) in [5.74, 6) is -2.09. The van der Waals surface area contributed by atoms with Crippen LogP contribution >= 0.6 is 7.82 Å². The summed E-state index contributed by atoms with van der Waals surface area (Å²) in [6.45, 7) is 20.9. The van der Waals surface area contributed by atoms with Gasteiger partial charge in [0.2, 0.25) is 11.8 Å². The predicted molar refractivity (Wildman–Crippen MR) is 404 cm³/mol. The van der Waals surface area contributed by atoms with Gasteiger partial charge in [0.25, 0.3) is 0 Å². The summed E-state index contributed by atoms with van der Waals surface area (Å²) < 4.78 is 94.6. The molecule has 0 aliphatic carbocycles. The minimum absolute atomic E-state index is 0.00123. The number of amides is 2. The van der Waals surface area contributed by atoms with Crippen LogP contribution in [-0.4, -0.2) is 169 Å². The molecule has 103 heavy (non-hydrogen) atoms. The molecule has 2 amide bonds. The number of unbranched alkanes of at least 4 members (excludes halogenated alkanes) is 30. The smallest absolute Gasteiger partial charge is 0.460 e. The van der Waals surface area contributed by atoms with E-state index in [0.717, 1.165) is 154 Å². The van der Waals surface area contributed by atoms with Crippen LogP contribution in [-0.2, 0) is 84.7 Å². The molecule has 0 bridgehead atoms. The van der Waals surface area contributed by atoms with E-state index in [1.807, 2.05) is 0 Å². The number of carbonyl (C=O) groups is 5. The quantitative estimate of drug-likeness (QED) is 0.0168. The molecule has 2 aliphatic heterocycles. The van der Waals surface area contributed by atoms with Crippen LogP contribution in [0.4, 0.5) is 4.79 Å². The minimum Gasteiger partial charge on any atom is -0.460 e. The van der Waals surface area contributed by atoms with Gasteiger partial charge in [-0.3, -0.25) is 28.0 Å². The maximum Gasteiger partial charge on any atom is 0.508 e. The third-order valence-corrected chi connectivity index (χ3v) is 19.8. The highest BCUT2D eigenvalue weighted by Gasteiger charge is 2.54. The number of aliphatic hydroxyl groups excluding tert-OH is 1. The molecule has 0 radical (unpaired) electrons. The number of carbonyl (C=O) groups excluding carboxylic acids is 5. The number of esters is 1. The Hall–Kier alpha value is -4.16. The third kappa shape index (κ3) is 46.0. The number of hydrogen-bond donors (Lipinski definition) is 3. The van der Waals surface area contributed by atoms with Crippen molar-refractivity contribution >= 4 is 37.5 Å². The van der Waals surface area contributed by atoms with Crippen molar-refractivity contribution in [2.45, 2.75) is 352 Å². The molecule has 0 saturated carbocycles. The topological polar surface area (TPSA) is 267 Å². The number of rotatable bonds is 70. The van der Waals surface area contributed by atoms with Crippen LogP contribution in [0.25, 0.3) is 0 Å². The molecule has 0 aromatic carbocycles. The zero-order chi connectivity index (χ0) is 75.2. The SMILES string of the molecule is C=CCOC(=O)CO[C@H]1O[C@H](CO[C@@H]2O[C@H](COC(=O)OCC=C)[C@@H](OP(=O)(OCC=C)OCC=C)[C@H](OCC[C@@H](CCCCCCC)OC)[C@H]2NC(=O)CCCCCCCCC/C=C\CCCCCC)[C@@H](O)[C@H](OCCCCCCCCCC)[C@H]1NC(=O)CC(=O)CCCCCCCCCCC. The minimum atomic E-state index is -4.64. The van der Waals surface area contributed by atoms with Gasteiger partial charge in [-0.2, -0.15) is 0 Å². The van der Waals surface area contributed by atoms with Crippen LogP contribution < -0.4 is 10.6 Å². The Labute approximate surface area is 621 Å². The summed E-state index contributed by atoms with van der Waals surface area (Å²) in [4.78, 5) is 68.5. The molecular formula is C80H141N2O20P. The van der Waals surface area contributed by atoms with Crippen molar-refractivity contribution in [3.63, 3.8) is 0 Å². The molecule has 11 atom stereocenters. The van der Waals surface area contributed by atoms with Crippen molar-refractivity contribution in [3.05, 3.63) is 62.8 Å². The van der Waals surface area contributed by atoms with Gasteiger partial charge in [-0.25, -0.2) is 14.2 Å². The van der Waals surface area contributed by atoms with E-state index >= 15 is 0 Å². The van der Waals surface area contributed by atoms with Crippen LogP contribution in [0.15, 0.2) is 62.8 Å². The van der Waals surface area contributed by atoms with Gasteiger partial charge in [-0.05, 0) is 57.8 Å². The van der Waals surface area contributed by atoms with Crippen molar-refractivity contribution in [2.24, 2.45) is 0 Å². The number of ether oxygens (including phenoxy) is 10. The highest BCUT2D eigenvalue weighted by atomic mass is 31.2. The average molecular weight is 1480 g/mol. The molecule has 3 N–H and O–H groups in total. The lowest BCUT2D eigenvalue weighted by molar-refractivity contribution is -0.307. The first kappa shape index (κ1) is 94.9. The number of Topliss-reactive ketones (excluding diaryl/α,β-unsaturated/α-hetero) is 1. The van der Waals surface area contributed by atoms with Gasteiger partial charge in [0, 0.05) is 33.2 Å². The van der Waals surface area contributed by atoms with E-state index < -0.39 is 119 Å². The molecule has 0 spiro atoms. The van der Waals surface area contributed by atoms with Gasteiger partial charge in [0.05, 0.1) is 32.3 Å². The van der Waals surface area contributed by atoms with Gasteiger partial charge in [0.1, 0.15) is 80.9 Å². The lowest BCUT2D eigenvalue weighted by atomic mass is 9.95. The maximum absolute atomic E-state index is 14.9. The zero-order valence-corrected chi connectivity index (χ0v) is 65.3. The number of hydrogen-bond acceptors (Lipinski definition) is 20. The van der Waals surface area contributed by atoms with Crippen molar-refractivity contribution in [2.75, 3.05) is 66.6 Å². The first-order valence-electron chi connectivity index (χ1n) is 39.9. The molecule has 2 aliphatic rings. The Kier molecular flexibility index (Phi) is 58.9. The molecule has 0 aromatic heterocycles. The van der Waals surface area contributed by atoms with Gasteiger partial charge in [-0.15, -0.1) is 13.2 Å². The van der Waals surface area contributed by atoms with E-state index in [1.54, 1.807) is 7.11 Å². The first-order chi connectivity index (χ1) is 50.2. The van der Waals surface area contributed by atoms with Gasteiger partial charge in [-0.1, -0.05) is 257 Å². The van der Waals surface area contributed by atoms with Crippen molar-refractivity contribution < 1.29 is 94.6 Å². The first-order valence-corrected chi connectivity index (χ1v) is 41.3. The number of phosphoric ester groups is 1. The van der Waals surface area contributed by atoms with Crippen molar-refractivity contribution in [1.82, 2.24) is 10.6 Å². The lowest BCUT2D eigenvalue weighted by Crippen LogP contribution is -2.68. The molecule has 0 aromatic rings. The number of aliphatic hydroxyl groups is 1. The Morgan fingerprint density at radius 2 is 0.942 bits per heavy atom. The fourth-order valence-electron chi connectivity index (χ4n) is 12.5. The fourth-order valence-corrected chi connectivity index (χ4v) is 13.8. The second-order valence-electron chi connectivity index (χ2n) is 27.3. The van der Waals surface area contributed by atoms with Gasteiger partial charge in [0.15, 0.2) is 12.6 Å². The molecule has 596 valence electrons. The van der Waals surface area contributed by atoms with Crippen LogP contribution in [0.5, 0.6) is 0 Å². The molecule has 23 heteroatoms. The molecular weight excluding hydrogens is 1340 g/mol. The van der Waals surface area contributed by atoms with Gasteiger partial charge < -0.3 is 63.1 Å². The lowest BCUT2D eigenvalue weighted by Gasteiger charge is -2.47. The van der Waals surface area contributed by atoms with Crippen molar-refractivity contribution in [3.8, 4) is 0 Å². The summed E-state index contributed by atoms with van der Waals surface area (Å²) in [6.07, 6.45) is 34.7. The molecule has 2 fully saturated rings. The summed E-state index contributed by atoms with van der Waals surface area (Å²) in [5, 5.41) is 18.7. The Morgan fingerprint density at radius 3 is 1.50 bits per heavy atom. The summed E-state index contributed by atoms with van der Waals surface area (Å²) in [6, 6.07) is -2.60.